The summed E-state index contributed by atoms with van der Waals surface area (Å²) in [4.78, 5) is 13.7. The Kier molecular flexibility index (Phi) is 8.33. The molecule has 2 N–H and O–H groups in total. The van der Waals surface area contributed by atoms with Crippen LogP contribution in [-0.2, 0) is 24.2 Å². The van der Waals surface area contributed by atoms with Gasteiger partial charge in [0.15, 0.2) is 18.0 Å². The van der Waals surface area contributed by atoms with Gasteiger partial charge in [0.25, 0.3) is 5.91 Å². The average Bonchev–Trinajstić information content (AvgIpc) is 2.69. The van der Waals surface area contributed by atoms with Crippen molar-refractivity contribution in [3.8, 4) is 11.5 Å². The number of nitrogens with one attached hydrogen (secondary N) is 2. The highest BCUT2D eigenvalue weighted by Crippen LogP contribution is 2.27. The third-order valence-electron chi connectivity index (χ3n) is 4.76. The van der Waals surface area contributed by atoms with Gasteiger partial charge in [-0.3, -0.25) is 4.79 Å². The van der Waals surface area contributed by atoms with Crippen molar-refractivity contribution in [2.45, 2.75) is 40.2 Å². The zero-order chi connectivity index (χ0) is 20.5. The lowest BCUT2D eigenvalue weighted by Gasteiger charge is -2.18. The van der Waals surface area contributed by atoms with Crippen LogP contribution in [0.25, 0.3) is 0 Å². The van der Waals surface area contributed by atoms with Gasteiger partial charge in [0, 0.05) is 11.3 Å². The van der Waals surface area contributed by atoms with E-state index in [0.717, 1.165) is 47.0 Å². The third kappa shape index (κ3) is 5.73. The first kappa shape index (κ1) is 21.8. The number of benzene rings is 2. The molecule has 5 heteroatoms. The predicted molar refractivity (Wildman–Crippen MR) is 113 cm³/mol. The van der Waals surface area contributed by atoms with Gasteiger partial charge in [-0.15, -0.1) is 0 Å². The molecule has 2 aromatic rings. The molecule has 2 rings (SSSR count). The maximum atomic E-state index is 12.6. The van der Waals surface area contributed by atoms with Gasteiger partial charge in [-0.2, -0.15) is 0 Å². The number of aryl methyl sites for hydroxylation is 2. The van der Waals surface area contributed by atoms with E-state index in [1.807, 2.05) is 32.2 Å². The van der Waals surface area contributed by atoms with E-state index in [-0.39, 0.29) is 5.91 Å². The Hall–Kier alpha value is -2.53. The molecule has 0 aliphatic rings. The van der Waals surface area contributed by atoms with Gasteiger partial charge < -0.3 is 19.7 Å². The summed E-state index contributed by atoms with van der Waals surface area (Å²) in [5.74, 6) is 1.50. The van der Waals surface area contributed by atoms with Crippen LogP contribution < -0.4 is 19.7 Å². The van der Waals surface area contributed by atoms with Gasteiger partial charge in [-0.25, -0.2) is 0 Å². The van der Waals surface area contributed by atoms with Gasteiger partial charge in [0.1, 0.15) is 6.54 Å². The molecule has 0 heterocycles. The van der Waals surface area contributed by atoms with Crippen molar-refractivity contribution < 1.29 is 19.2 Å². The molecular weight excluding hydrogens is 352 g/mol. The van der Waals surface area contributed by atoms with E-state index in [1.54, 1.807) is 7.11 Å². The summed E-state index contributed by atoms with van der Waals surface area (Å²) in [5.41, 5.74) is 4.45. The maximum absolute atomic E-state index is 12.6. The Morgan fingerprint density at radius 2 is 1.71 bits per heavy atom. The molecule has 1 unspecified atom stereocenters. The number of carbonyl (C=O) groups is 1. The Morgan fingerprint density at radius 3 is 2.29 bits per heavy atom. The molecule has 0 fully saturated rings. The van der Waals surface area contributed by atoms with Crippen molar-refractivity contribution in [2.24, 2.45) is 0 Å². The number of rotatable bonds is 10. The number of ether oxygens (including phenoxy) is 2. The summed E-state index contributed by atoms with van der Waals surface area (Å²) in [6.45, 7) is 7.90. The van der Waals surface area contributed by atoms with Gasteiger partial charge >= 0.3 is 0 Å². The van der Waals surface area contributed by atoms with Crippen molar-refractivity contribution in [1.29, 1.82) is 0 Å². The second-order valence-electron chi connectivity index (χ2n) is 6.94. The second-order valence-corrected chi connectivity index (χ2v) is 6.94. The molecule has 0 bridgehead atoms. The van der Waals surface area contributed by atoms with Crippen molar-refractivity contribution in [3.05, 3.63) is 53.1 Å². The van der Waals surface area contributed by atoms with Crippen molar-refractivity contribution in [2.75, 3.05) is 32.6 Å². The molecule has 28 heavy (non-hydrogen) atoms. The predicted octanol–water partition coefficient (Wildman–Crippen LogP) is 2.87. The first-order valence-corrected chi connectivity index (χ1v) is 10.0. The number of quaternary nitrogens is 1. The zero-order valence-electron chi connectivity index (χ0n) is 17.7. The molecule has 2 aromatic carbocycles. The van der Waals surface area contributed by atoms with Crippen LogP contribution >= 0.6 is 0 Å². The number of amides is 1. The third-order valence-corrected chi connectivity index (χ3v) is 4.76. The molecule has 0 saturated heterocycles. The number of methoxy groups -OCH3 is 1. The second kappa shape index (κ2) is 10.7. The first-order chi connectivity index (χ1) is 13.5. The molecule has 1 atom stereocenters. The Balaban J connectivity index is 2.02. The van der Waals surface area contributed by atoms with Crippen LogP contribution in [-0.4, -0.2) is 33.2 Å². The number of hydrogen-bond donors (Lipinski definition) is 2. The van der Waals surface area contributed by atoms with Crippen molar-refractivity contribution in [1.82, 2.24) is 0 Å². The molecule has 0 spiro atoms. The van der Waals surface area contributed by atoms with E-state index in [0.29, 0.717) is 13.2 Å². The standard InChI is InChI=1S/C23H32N2O3/c1-6-18-10-9-11-19(7-2)23(18)24-22(26)16-25(4)15-17-12-13-20(28-8-3)21(14-17)27-5/h9-14H,6-8,15-16H2,1-5H3,(H,24,26)/p+1. The zero-order valence-corrected chi connectivity index (χ0v) is 17.7. The fourth-order valence-electron chi connectivity index (χ4n) is 3.37. The highest BCUT2D eigenvalue weighted by atomic mass is 16.5. The minimum absolute atomic E-state index is 0.0333. The van der Waals surface area contributed by atoms with Crippen LogP contribution in [0.15, 0.2) is 36.4 Å². The SMILES string of the molecule is CCOc1ccc(C[NH+](C)CC(=O)Nc2c(CC)cccc2CC)cc1OC. The molecule has 0 aliphatic heterocycles. The minimum Gasteiger partial charge on any atom is -0.493 e. The lowest BCUT2D eigenvalue weighted by Crippen LogP contribution is -3.08. The lowest BCUT2D eigenvalue weighted by atomic mass is 10.0. The first-order valence-electron chi connectivity index (χ1n) is 10.0. The van der Waals surface area contributed by atoms with E-state index >= 15 is 0 Å². The van der Waals surface area contributed by atoms with Crippen LogP contribution in [0.4, 0.5) is 5.69 Å². The Bertz CT molecular complexity index is 767. The lowest BCUT2D eigenvalue weighted by molar-refractivity contribution is -0.885. The highest BCUT2D eigenvalue weighted by Gasteiger charge is 2.15. The van der Waals surface area contributed by atoms with Gasteiger partial charge in [0.05, 0.1) is 20.8 Å². The Morgan fingerprint density at radius 1 is 1.04 bits per heavy atom. The molecule has 0 aliphatic carbocycles. The number of hydrogen-bond acceptors (Lipinski definition) is 3. The van der Waals surface area contributed by atoms with Crippen LogP contribution in [0.2, 0.25) is 0 Å². The number of carbonyl (C=O) groups excluding carboxylic acids is 1. The van der Waals surface area contributed by atoms with E-state index in [4.69, 9.17) is 9.47 Å². The van der Waals surface area contributed by atoms with E-state index in [2.05, 4.69) is 37.4 Å². The summed E-state index contributed by atoms with van der Waals surface area (Å²) in [6.07, 6.45) is 1.80. The summed E-state index contributed by atoms with van der Waals surface area (Å²) in [7, 11) is 3.66. The molecule has 152 valence electrons. The Labute approximate surface area is 168 Å². The van der Waals surface area contributed by atoms with Gasteiger partial charge in [0.2, 0.25) is 0 Å². The molecule has 0 aromatic heterocycles. The van der Waals surface area contributed by atoms with Gasteiger partial charge in [-0.1, -0.05) is 32.0 Å². The summed E-state index contributed by atoms with van der Waals surface area (Å²) >= 11 is 0. The number of anilines is 1. The van der Waals surface area contributed by atoms with Crippen LogP contribution in [0.1, 0.15) is 37.5 Å². The molecule has 0 radical (unpaired) electrons. The summed E-state index contributed by atoms with van der Waals surface area (Å²) in [5, 5.41) is 3.14. The summed E-state index contributed by atoms with van der Waals surface area (Å²) < 4.78 is 11.0. The quantitative estimate of drug-likeness (QED) is 0.661. The smallest absolute Gasteiger partial charge is 0.279 e. The molecule has 1 amide bonds. The van der Waals surface area contributed by atoms with Crippen LogP contribution in [0.3, 0.4) is 0 Å². The van der Waals surface area contributed by atoms with Gasteiger partial charge in [-0.05, 0) is 49.1 Å². The van der Waals surface area contributed by atoms with Crippen molar-refractivity contribution >= 4 is 11.6 Å². The van der Waals surface area contributed by atoms with E-state index < -0.39 is 0 Å². The topological polar surface area (TPSA) is 52.0 Å². The largest absolute Gasteiger partial charge is 0.493 e. The fourth-order valence-corrected chi connectivity index (χ4v) is 3.37. The van der Waals surface area contributed by atoms with Crippen molar-refractivity contribution in [3.63, 3.8) is 0 Å². The fraction of sp³-hybridized carbons (Fsp3) is 0.435. The average molecular weight is 386 g/mol. The monoisotopic (exact) mass is 385 g/mol. The van der Waals surface area contributed by atoms with Crippen LogP contribution in [0.5, 0.6) is 11.5 Å². The molecule has 0 saturated carbocycles. The highest BCUT2D eigenvalue weighted by molar-refractivity contribution is 5.93. The van der Waals surface area contributed by atoms with E-state index in [9.17, 15) is 4.79 Å². The van der Waals surface area contributed by atoms with E-state index in [1.165, 1.54) is 11.1 Å². The normalized spacial score (nSPS) is 11.8. The minimum atomic E-state index is 0.0333. The number of likely N-dealkylation sites (N-methyl/N-ethyl adjacent to an activating group) is 1. The molecular formula is C23H33N2O3+. The van der Waals surface area contributed by atoms with Crippen LogP contribution in [0, 0.1) is 0 Å². The summed E-state index contributed by atoms with van der Waals surface area (Å²) in [6, 6.07) is 12.2. The maximum Gasteiger partial charge on any atom is 0.279 e. The number of para-hydroxylation sites is 1. The molecule has 5 nitrogen and oxygen atoms in total.